The van der Waals surface area contributed by atoms with Gasteiger partial charge < -0.3 is 4.42 Å². The Morgan fingerprint density at radius 2 is 0.843 bits per heavy atom. The first-order valence-electron chi connectivity index (χ1n) is 17.1. The molecular weight excluding hydrogens is 623 g/mol. The summed E-state index contributed by atoms with van der Waals surface area (Å²) >= 11 is 0. The second-order valence-corrected chi connectivity index (χ2v) is 12.8. The zero-order valence-corrected chi connectivity index (χ0v) is 27.5. The summed E-state index contributed by atoms with van der Waals surface area (Å²) in [6, 6.07) is 61.0. The Morgan fingerprint density at radius 3 is 1.59 bits per heavy atom. The molecule has 8 aromatic carbocycles. The van der Waals surface area contributed by atoms with Crippen molar-refractivity contribution in [1.82, 2.24) is 15.0 Å². The molecule has 10 aromatic rings. The molecule has 10 rings (SSSR count). The Kier molecular flexibility index (Phi) is 6.78. The second kappa shape index (κ2) is 11.9. The number of furan rings is 1. The molecule has 51 heavy (non-hydrogen) atoms. The minimum Gasteiger partial charge on any atom is -0.455 e. The lowest BCUT2D eigenvalue weighted by molar-refractivity contribution is 0.674. The molecule has 0 N–H and O–H groups in total. The quantitative estimate of drug-likeness (QED) is 0.186. The van der Waals surface area contributed by atoms with Crippen molar-refractivity contribution in [3.8, 4) is 56.4 Å². The molecule has 0 radical (unpaired) electrons. The van der Waals surface area contributed by atoms with Crippen molar-refractivity contribution >= 4 is 43.5 Å². The number of hydrogen-bond acceptors (Lipinski definition) is 4. The molecule has 0 aliphatic rings. The number of hydrogen-bond donors (Lipinski definition) is 0. The molecule has 0 spiro atoms. The summed E-state index contributed by atoms with van der Waals surface area (Å²) in [5.41, 5.74) is 9.05. The molecule has 0 fully saturated rings. The zero-order valence-electron chi connectivity index (χ0n) is 27.5. The standard InChI is InChI=1S/C47H29N3O/c1-4-13-30(14-5-1)34-25-23-31-24-26-35(28-36(31)27-34)46-48-45(33-17-8-3-9-18-33)49-47(50-46)42-29-41-40-22-12-21-37(32-15-6-2-7-16-32)43(40)51-44(41)39-20-11-10-19-38(39)42/h1-29H. The van der Waals surface area contributed by atoms with E-state index in [-0.39, 0.29) is 0 Å². The molecule has 4 heteroatoms. The number of para-hydroxylation sites is 1. The van der Waals surface area contributed by atoms with E-state index in [4.69, 9.17) is 19.4 Å². The van der Waals surface area contributed by atoms with Gasteiger partial charge in [-0.05, 0) is 51.0 Å². The van der Waals surface area contributed by atoms with Crippen LogP contribution in [0, 0.1) is 0 Å². The summed E-state index contributed by atoms with van der Waals surface area (Å²) in [6.07, 6.45) is 0. The van der Waals surface area contributed by atoms with Crippen molar-refractivity contribution in [3.63, 3.8) is 0 Å². The van der Waals surface area contributed by atoms with Gasteiger partial charge in [0, 0.05) is 38.4 Å². The number of nitrogens with zero attached hydrogens (tertiary/aromatic N) is 3. The number of benzene rings is 8. The largest absolute Gasteiger partial charge is 0.455 e. The fourth-order valence-corrected chi connectivity index (χ4v) is 7.19. The van der Waals surface area contributed by atoms with Gasteiger partial charge in [0.1, 0.15) is 11.2 Å². The molecule has 0 saturated heterocycles. The summed E-state index contributed by atoms with van der Waals surface area (Å²) < 4.78 is 6.76. The fourth-order valence-electron chi connectivity index (χ4n) is 7.19. The smallest absolute Gasteiger partial charge is 0.164 e. The van der Waals surface area contributed by atoms with Gasteiger partial charge in [-0.25, -0.2) is 15.0 Å². The van der Waals surface area contributed by atoms with Crippen LogP contribution in [0.25, 0.3) is 99.9 Å². The first-order chi connectivity index (χ1) is 25.3. The van der Waals surface area contributed by atoms with Gasteiger partial charge in [0.25, 0.3) is 0 Å². The van der Waals surface area contributed by atoms with Gasteiger partial charge in [0.2, 0.25) is 0 Å². The van der Waals surface area contributed by atoms with Crippen LogP contribution in [-0.2, 0) is 0 Å². The van der Waals surface area contributed by atoms with Gasteiger partial charge in [-0.2, -0.15) is 0 Å². The van der Waals surface area contributed by atoms with Crippen molar-refractivity contribution in [3.05, 3.63) is 176 Å². The summed E-state index contributed by atoms with van der Waals surface area (Å²) in [7, 11) is 0. The van der Waals surface area contributed by atoms with Crippen molar-refractivity contribution in [2.45, 2.75) is 0 Å². The average Bonchev–Trinajstić information content (AvgIpc) is 3.60. The minimum atomic E-state index is 0.614. The Balaban J connectivity index is 1.20. The lowest BCUT2D eigenvalue weighted by atomic mass is 9.98. The van der Waals surface area contributed by atoms with Gasteiger partial charge in [0.05, 0.1) is 0 Å². The van der Waals surface area contributed by atoms with Crippen LogP contribution >= 0.6 is 0 Å². The second-order valence-electron chi connectivity index (χ2n) is 12.8. The van der Waals surface area contributed by atoms with Gasteiger partial charge in [-0.3, -0.25) is 0 Å². The molecule has 0 unspecified atom stereocenters. The SMILES string of the molecule is c1ccc(-c2ccc3ccc(-c4nc(-c5ccccc5)nc(-c5cc6c7cccc(-c8ccccc8)c7oc6c6ccccc56)n4)cc3c2)cc1. The zero-order chi connectivity index (χ0) is 33.7. The molecule has 4 nitrogen and oxygen atoms in total. The molecule has 0 saturated carbocycles. The molecule has 2 aromatic heterocycles. The van der Waals surface area contributed by atoms with Crippen LogP contribution in [0.1, 0.15) is 0 Å². The highest BCUT2D eigenvalue weighted by molar-refractivity contribution is 6.20. The van der Waals surface area contributed by atoms with Gasteiger partial charge in [0.15, 0.2) is 17.5 Å². The van der Waals surface area contributed by atoms with Gasteiger partial charge in [-0.15, -0.1) is 0 Å². The van der Waals surface area contributed by atoms with Gasteiger partial charge >= 0.3 is 0 Å². The third kappa shape index (κ3) is 5.04. The van der Waals surface area contributed by atoms with Crippen LogP contribution in [0.2, 0.25) is 0 Å². The van der Waals surface area contributed by atoms with Crippen LogP contribution in [0.5, 0.6) is 0 Å². The molecule has 2 heterocycles. The molecule has 0 aliphatic carbocycles. The molecule has 238 valence electrons. The summed E-state index contributed by atoms with van der Waals surface area (Å²) in [5.74, 6) is 1.86. The molecule has 0 aliphatic heterocycles. The normalized spacial score (nSPS) is 11.5. The highest BCUT2D eigenvalue weighted by Crippen LogP contribution is 2.42. The van der Waals surface area contributed by atoms with E-state index < -0.39 is 0 Å². The van der Waals surface area contributed by atoms with E-state index in [1.54, 1.807) is 0 Å². The minimum absolute atomic E-state index is 0.614. The highest BCUT2D eigenvalue weighted by Gasteiger charge is 2.20. The lowest BCUT2D eigenvalue weighted by Crippen LogP contribution is -2.00. The summed E-state index contributed by atoms with van der Waals surface area (Å²) in [6.45, 7) is 0. The van der Waals surface area contributed by atoms with Crippen molar-refractivity contribution in [2.24, 2.45) is 0 Å². The maximum Gasteiger partial charge on any atom is 0.164 e. The third-order valence-corrected chi connectivity index (χ3v) is 9.70. The van der Waals surface area contributed by atoms with Crippen LogP contribution < -0.4 is 0 Å². The Morgan fingerprint density at radius 1 is 0.294 bits per heavy atom. The van der Waals surface area contributed by atoms with E-state index in [0.29, 0.717) is 17.5 Å². The summed E-state index contributed by atoms with van der Waals surface area (Å²) in [5, 5.41) is 6.41. The Labute approximate surface area is 294 Å². The van der Waals surface area contributed by atoms with Crippen LogP contribution in [0.15, 0.2) is 180 Å². The summed E-state index contributed by atoms with van der Waals surface area (Å²) in [4.78, 5) is 15.4. The molecule has 0 amide bonds. The highest BCUT2D eigenvalue weighted by atomic mass is 16.3. The average molecular weight is 652 g/mol. The first kappa shape index (κ1) is 29.0. The number of rotatable bonds is 5. The topological polar surface area (TPSA) is 51.8 Å². The van der Waals surface area contributed by atoms with E-state index in [1.807, 2.05) is 42.5 Å². The molecule has 0 bridgehead atoms. The van der Waals surface area contributed by atoms with Crippen molar-refractivity contribution in [1.29, 1.82) is 0 Å². The van der Waals surface area contributed by atoms with E-state index in [2.05, 4.69) is 133 Å². The maximum atomic E-state index is 6.76. The van der Waals surface area contributed by atoms with Crippen molar-refractivity contribution in [2.75, 3.05) is 0 Å². The molecule has 0 atom stereocenters. The Hall–Kier alpha value is -6.91. The van der Waals surface area contributed by atoms with Crippen LogP contribution in [0.3, 0.4) is 0 Å². The van der Waals surface area contributed by atoms with E-state index in [1.165, 1.54) is 11.1 Å². The third-order valence-electron chi connectivity index (χ3n) is 9.70. The van der Waals surface area contributed by atoms with E-state index >= 15 is 0 Å². The maximum absolute atomic E-state index is 6.76. The monoisotopic (exact) mass is 651 g/mol. The Bertz CT molecular complexity index is 2900. The van der Waals surface area contributed by atoms with Crippen LogP contribution in [-0.4, -0.2) is 15.0 Å². The number of aromatic nitrogens is 3. The first-order valence-corrected chi connectivity index (χ1v) is 17.1. The van der Waals surface area contributed by atoms with Gasteiger partial charge in [-0.1, -0.05) is 158 Å². The lowest BCUT2D eigenvalue weighted by Gasteiger charge is -2.11. The van der Waals surface area contributed by atoms with E-state index in [9.17, 15) is 0 Å². The van der Waals surface area contributed by atoms with Crippen LogP contribution in [0.4, 0.5) is 0 Å². The predicted molar refractivity (Wildman–Crippen MR) is 209 cm³/mol. The predicted octanol–water partition coefficient (Wildman–Crippen LogP) is 12.4. The molecular formula is C47H29N3O. The fraction of sp³-hybridized carbons (Fsp3) is 0. The number of fused-ring (bicyclic) bond motifs is 6. The van der Waals surface area contributed by atoms with Crippen molar-refractivity contribution < 1.29 is 4.42 Å². The van der Waals surface area contributed by atoms with E-state index in [0.717, 1.165) is 71.3 Å².